The summed E-state index contributed by atoms with van der Waals surface area (Å²) in [5, 5.41) is 10.9. The smallest absolute Gasteiger partial charge is 0.235 e. The SMILES string of the molecule is c1ccc(-c2nc(-n3c4cc5ccccc5cc4c4c5cccc6c5c(cc43)-c3ccccc3-6)nc3ccc4ccccc4c23)cc1. The minimum absolute atomic E-state index is 0.677. The number of benzene rings is 8. The van der Waals surface area contributed by atoms with Crippen molar-refractivity contribution in [1.29, 1.82) is 0 Å². The first kappa shape index (κ1) is 24.9. The summed E-state index contributed by atoms with van der Waals surface area (Å²) in [5.74, 6) is 0.677. The highest BCUT2D eigenvalue weighted by atomic mass is 15.2. The molecule has 3 heteroatoms. The second-order valence-electron chi connectivity index (χ2n) is 12.6. The van der Waals surface area contributed by atoms with Gasteiger partial charge in [0.05, 0.1) is 22.2 Å². The molecule has 1 aliphatic carbocycles. The van der Waals surface area contributed by atoms with E-state index < -0.39 is 0 Å². The topological polar surface area (TPSA) is 30.7 Å². The van der Waals surface area contributed by atoms with Gasteiger partial charge in [0.25, 0.3) is 0 Å². The number of nitrogens with zero attached hydrogens (tertiary/aromatic N) is 3. The van der Waals surface area contributed by atoms with Gasteiger partial charge in [-0.3, -0.25) is 4.57 Å². The molecule has 0 radical (unpaired) electrons. The van der Waals surface area contributed by atoms with Gasteiger partial charge < -0.3 is 0 Å². The first-order valence-electron chi connectivity index (χ1n) is 16.1. The molecule has 216 valence electrons. The Morgan fingerprint density at radius 2 is 1.06 bits per heavy atom. The molecule has 1 aliphatic rings. The van der Waals surface area contributed by atoms with Crippen molar-refractivity contribution >= 4 is 65.0 Å². The zero-order valence-corrected chi connectivity index (χ0v) is 25.3. The van der Waals surface area contributed by atoms with E-state index in [4.69, 9.17) is 9.97 Å². The van der Waals surface area contributed by atoms with Crippen LogP contribution in [0.4, 0.5) is 0 Å². The standard InChI is InChI=1S/C44H25N3/c1-2-12-27(13-3-1)43-42-30-16-7-6-11-26(30)21-22-37(42)45-44(46-43)47-38-24-29-15-5-4-14-28(29)23-36(38)41-34-20-10-19-33-31-17-8-9-18-32(31)35(40(33)34)25-39(41)47/h1-25H. The molecule has 3 nitrogen and oxygen atoms in total. The van der Waals surface area contributed by atoms with Crippen LogP contribution in [0.5, 0.6) is 0 Å². The third-order valence-electron chi connectivity index (χ3n) is 10.1. The second kappa shape index (κ2) is 9.12. The molecule has 0 atom stereocenters. The lowest BCUT2D eigenvalue weighted by molar-refractivity contribution is 1.02. The van der Waals surface area contributed by atoms with E-state index in [9.17, 15) is 0 Å². The Labute approximate surface area is 270 Å². The molecule has 2 heterocycles. The summed E-state index contributed by atoms with van der Waals surface area (Å²) in [6, 6.07) is 54.6. The van der Waals surface area contributed by atoms with E-state index in [1.807, 2.05) is 0 Å². The van der Waals surface area contributed by atoms with Crippen molar-refractivity contribution < 1.29 is 0 Å². The number of hydrogen-bond donors (Lipinski definition) is 0. The highest BCUT2D eigenvalue weighted by molar-refractivity contribution is 6.30. The zero-order valence-electron chi connectivity index (χ0n) is 25.3. The fourth-order valence-corrected chi connectivity index (χ4v) is 8.07. The molecule has 0 unspecified atom stereocenters. The van der Waals surface area contributed by atoms with Crippen LogP contribution in [0.2, 0.25) is 0 Å². The van der Waals surface area contributed by atoms with E-state index >= 15 is 0 Å². The Morgan fingerprint density at radius 1 is 0.383 bits per heavy atom. The quantitative estimate of drug-likeness (QED) is 0.186. The second-order valence-corrected chi connectivity index (χ2v) is 12.6. The van der Waals surface area contributed by atoms with Crippen molar-refractivity contribution in [3.05, 3.63) is 152 Å². The van der Waals surface area contributed by atoms with Crippen LogP contribution in [0.25, 0.3) is 104 Å². The lowest BCUT2D eigenvalue weighted by Gasteiger charge is -2.14. The van der Waals surface area contributed by atoms with Crippen molar-refractivity contribution in [1.82, 2.24) is 14.5 Å². The summed E-state index contributed by atoms with van der Waals surface area (Å²) in [4.78, 5) is 10.9. The summed E-state index contributed by atoms with van der Waals surface area (Å²) in [6.07, 6.45) is 0. The molecule has 0 N–H and O–H groups in total. The predicted molar refractivity (Wildman–Crippen MR) is 196 cm³/mol. The van der Waals surface area contributed by atoms with Gasteiger partial charge in [0.15, 0.2) is 0 Å². The van der Waals surface area contributed by atoms with Gasteiger partial charge in [-0.2, -0.15) is 0 Å². The normalized spacial score (nSPS) is 12.3. The first-order valence-corrected chi connectivity index (χ1v) is 16.1. The summed E-state index contributed by atoms with van der Waals surface area (Å²) in [7, 11) is 0. The van der Waals surface area contributed by atoms with E-state index in [0.29, 0.717) is 5.95 Å². The van der Waals surface area contributed by atoms with Gasteiger partial charge in [0, 0.05) is 21.7 Å². The molecule has 0 spiro atoms. The van der Waals surface area contributed by atoms with Gasteiger partial charge in [-0.25, -0.2) is 9.97 Å². The largest absolute Gasteiger partial charge is 0.278 e. The van der Waals surface area contributed by atoms with Crippen molar-refractivity contribution in [2.45, 2.75) is 0 Å². The van der Waals surface area contributed by atoms with E-state index in [1.165, 1.54) is 60.0 Å². The average Bonchev–Trinajstić information content (AvgIpc) is 3.63. The average molecular weight is 596 g/mol. The molecule has 8 aromatic carbocycles. The van der Waals surface area contributed by atoms with Gasteiger partial charge in [0.1, 0.15) is 0 Å². The lowest BCUT2D eigenvalue weighted by atomic mass is 9.97. The lowest BCUT2D eigenvalue weighted by Crippen LogP contribution is -2.04. The molecule has 0 aliphatic heterocycles. The highest BCUT2D eigenvalue weighted by Gasteiger charge is 2.26. The third kappa shape index (κ3) is 3.35. The van der Waals surface area contributed by atoms with Crippen LogP contribution in [-0.4, -0.2) is 14.5 Å². The molecule has 0 amide bonds. The van der Waals surface area contributed by atoms with Crippen LogP contribution < -0.4 is 0 Å². The van der Waals surface area contributed by atoms with Gasteiger partial charge in [-0.1, -0.05) is 127 Å². The number of fused-ring (bicyclic) bond motifs is 11. The van der Waals surface area contributed by atoms with Crippen molar-refractivity contribution in [2.24, 2.45) is 0 Å². The Morgan fingerprint density at radius 3 is 1.91 bits per heavy atom. The van der Waals surface area contributed by atoms with Crippen LogP contribution in [-0.2, 0) is 0 Å². The van der Waals surface area contributed by atoms with Crippen LogP contribution in [0.15, 0.2) is 152 Å². The molecular formula is C44H25N3. The number of hydrogen-bond acceptors (Lipinski definition) is 2. The molecule has 0 saturated heterocycles. The van der Waals surface area contributed by atoms with Gasteiger partial charge in [-0.05, 0) is 78.8 Å². The molecule has 47 heavy (non-hydrogen) atoms. The molecule has 0 bridgehead atoms. The molecular weight excluding hydrogens is 571 g/mol. The van der Waals surface area contributed by atoms with Crippen LogP contribution in [0.1, 0.15) is 0 Å². The van der Waals surface area contributed by atoms with Crippen LogP contribution in [0, 0.1) is 0 Å². The Balaban J connectivity index is 1.35. The van der Waals surface area contributed by atoms with E-state index in [2.05, 4.69) is 156 Å². The minimum Gasteiger partial charge on any atom is -0.278 e. The van der Waals surface area contributed by atoms with E-state index in [1.54, 1.807) is 0 Å². The minimum atomic E-state index is 0.677. The number of aromatic nitrogens is 3. The third-order valence-corrected chi connectivity index (χ3v) is 10.1. The van der Waals surface area contributed by atoms with Crippen LogP contribution >= 0.6 is 0 Å². The molecule has 0 fully saturated rings. The predicted octanol–water partition coefficient (Wildman–Crippen LogP) is 11.5. The van der Waals surface area contributed by atoms with E-state index in [-0.39, 0.29) is 0 Å². The highest BCUT2D eigenvalue weighted by Crippen LogP contribution is 2.51. The number of rotatable bonds is 2. The summed E-state index contributed by atoms with van der Waals surface area (Å²) >= 11 is 0. The van der Waals surface area contributed by atoms with Crippen molar-refractivity contribution in [3.63, 3.8) is 0 Å². The van der Waals surface area contributed by atoms with Gasteiger partial charge in [-0.15, -0.1) is 0 Å². The van der Waals surface area contributed by atoms with Crippen LogP contribution in [0.3, 0.4) is 0 Å². The molecule has 11 rings (SSSR count). The fraction of sp³-hybridized carbons (Fsp3) is 0. The van der Waals surface area contributed by atoms with Gasteiger partial charge in [0.2, 0.25) is 5.95 Å². The Bertz CT molecular complexity index is 2950. The Hall–Kier alpha value is -6.32. The zero-order chi connectivity index (χ0) is 30.6. The summed E-state index contributed by atoms with van der Waals surface area (Å²) < 4.78 is 2.31. The Kier molecular flexibility index (Phi) is 4.84. The maximum Gasteiger partial charge on any atom is 0.235 e. The van der Waals surface area contributed by atoms with Crippen molar-refractivity contribution in [3.8, 4) is 39.5 Å². The van der Waals surface area contributed by atoms with E-state index in [0.717, 1.165) is 38.6 Å². The van der Waals surface area contributed by atoms with Gasteiger partial charge >= 0.3 is 0 Å². The fourth-order valence-electron chi connectivity index (χ4n) is 8.07. The summed E-state index contributed by atoms with van der Waals surface area (Å²) in [5.41, 5.74) is 10.3. The first-order chi connectivity index (χ1) is 23.3. The summed E-state index contributed by atoms with van der Waals surface area (Å²) in [6.45, 7) is 0. The molecule has 2 aromatic heterocycles. The maximum atomic E-state index is 5.49. The van der Waals surface area contributed by atoms with Crippen molar-refractivity contribution in [2.75, 3.05) is 0 Å². The maximum absolute atomic E-state index is 5.49. The molecule has 10 aromatic rings. The monoisotopic (exact) mass is 595 g/mol. The molecule has 0 saturated carbocycles.